The molecule has 1 aromatic heterocycles. The molecule has 0 radical (unpaired) electrons. The predicted molar refractivity (Wildman–Crippen MR) is 45.9 cm³/mol. The summed E-state index contributed by atoms with van der Waals surface area (Å²) in [6, 6.07) is 0. The van der Waals surface area contributed by atoms with Gasteiger partial charge in [-0.3, -0.25) is 4.98 Å². The van der Waals surface area contributed by atoms with Crippen LogP contribution in [0.3, 0.4) is 0 Å². The highest BCUT2D eigenvalue weighted by Crippen LogP contribution is 2.14. The number of aryl methyl sites for hydroxylation is 1. The molecule has 1 heterocycles. The van der Waals surface area contributed by atoms with Crippen molar-refractivity contribution < 1.29 is 0 Å². The highest BCUT2D eigenvalue weighted by atomic mass is 14.7. The summed E-state index contributed by atoms with van der Waals surface area (Å²) in [5.74, 6) is 0. The molecule has 3 N–H and O–H groups in total. The maximum Gasteiger partial charge on any atom is 0.0466 e. The van der Waals surface area contributed by atoms with E-state index in [2.05, 4.69) is 4.98 Å². The summed E-state index contributed by atoms with van der Waals surface area (Å²) in [5.41, 5.74) is 8.47. The van der Waals surface area contributed by atoms with E-state index in [0.717, 1.165) is 11.1 Å². The zero-order valence-corrected chi connectivity index (χ0v) is 6.68. The average Bonchev–Trinajstić information content (AvgIpc) is 1.94. The third kappa shape index (κ3) is 1.37. The standard InChI is InChI=1S/C8H11N3/c1-5-3-11-4-7(6(2)9)8(5)10/h3-4,9H,1-2H3,(H2,10,11). The number of nitrogens with two attached hydrogens (primary N) is 1. The van der Waals surface area contributed by atoms with E-state index in [1.54, 1.807) is 19.3 Å². The second kappa shape index (κ2) is 2.70. The van der Waals surface area contributed by atoms with Crippen LogP contribution < -0.4 is 5.73 Å². The van der Waals surface area contributed by atoms with Crippen LogP contribution in [0.4, 0.5) is 5.69 Å². The van der Waals surface area contributed by atoms with Crippen LogP contribution in [0.5, 0.6) is 0 Å². The second-order valence-electron chi connectivity index (χ2n) is 2.54. The Balaban J connectivity index is 3.27. The first-order valence-corrected chi connectivity index (χ1v) is 3.38. The van der Waals surface area contributed by atoms with Crippen LogP contribution >= 0.6 is 0 Å². The molecule has 0 aromatic carbocycles. The van der Waals surface area contributed by atoms with E-state index in [4.69, 9.17) is 11.1 Å². The predicted octanol–water partition coefficient (Wildman–Crippen LogP) is 1.36. The molecule has 0 aliphatic carbocycles. The lowest BCUT2D eigenvalue weighted by Crippen LogP contribution is -2.02. The number of rotatable bonds is 1. The Hall–Kier alpha value is -1.38. The van der Waals surface area contributed by atoms with Crippen molar-refractivity contribution in [2.45, 2.75) is 13.8 Å². The summed E-state index contributed by atoms with van der Waals surface area (Å²) in [5, 5.41) is 7.35. The van der Waals surface area contributed by atoms with Crippen LogP contribution in [-0.2, 0) is 0 Å². The van der Waals surface area contributed by atoms with Crippen molar-refractivity contribution in [3.05, 3.63) is 23.5 Å². The van der Waals surface area contributed by atoms with Crippen molar-refractivity contribution in [1.82, 2.24) is 4.98 Å². The van der Waals surface area contributed by atoms with Crippen LogP contribution in [0.15, 0.2) is 12.4 Å². The van der Waals surface area contributed by atoms with Gasteiger partial charge in [0.1, 0.15) is 0 Å². The molecule has 3 heteroatoms. The number of aromatic nitrogens is 1. The van der Waals surface area contributed by atoms with Gasteiger partial charge in [0.2, 0.25) is 0 Å². The van der Waals surface area contributed by atoms with Gasteiger partial charge < -0.3 is 11.1 Å². The SMILES string of the molecule is CC(=N)c1cncc(C)c1N. The Morgan fingerprint density at radius 3 is 2.64 bits per heavy atom. The fourth-order valence-corrected chi connectivity index (χ4v) is 0.874. The summed E-state index contributed by atoms with van der Waals surface area (Å²) < 4.78 is 0. The largest absolute Gasteiger partial charge is 0.398 e. The maximum absolute atomic E-state index is 7.35. The fraction of sp³-hybridized carbons (Fsp3) is 0.250. The van der Waals surface area contributed by atoms with Crippen molar-refractivity contribution in [2.24, 2.45) is 0 Å². The molecule has 1 rings (SSSR count). The number of nitrogens with zero attached hydrogens (tertiary/aromatic N) is 1. The van der Waals surface area contributed by atoms with Crippen molar-refractivity contribution in [3.8, 4) is 0 Å². The van der Waals surface area contributed by atoms with Crippen molar-refractivity contribution >= 4 is 11.4 Å². The van der Waals surface area contributed by atoms with Gasteiger partial charge in [-0.2, -0.15) is 0 Å². The summed E-state index contributed by atoms with van der Waals surface area (Å²) >= 11 is 0. The topological polar surface area (TPSA) is 62.8 Å². The smallest absolute Gasteiger partial charge is 0.0466 e. The van der Waals surface area contributed by atoms with Gasteiger partial charge in [0.25, 0.3) is 0 Å². The summed E-state index contributed by atoms with van der Waals surface area (Å²) in [7, 11) is 0. The lowest BCUT2D eigenvalue weighted by Gasteiger charge is -2.04. The van der Waals surface area contributed by atoms with Gasteiger partial charge in [-0.25, -0.2) is 0 Å². The molecule has 0 atom stereocenters. The highest BCUT2D eigenvalue weighted by molar-refractivity contribution is 6.01. The molecule has 0 saturated carbocycles. The molecular weight excluding hydrogens is 138 g/mol. The quantitative estimate of drug-likeness (QED) is 0.592. The van der Waals surface area contributed by atoms with E-state index < -0.39 is 0 Å². The van der Waals surface area contributed by atoms with Gasteiger partial charge in [0, 0.05) is 29.4 Å². The normalized spacial score (nSPS) is 9.64. The molecule has 0 saturated heterocycles. The molecule has 58 valence electrons. The van der Waals surface area contributed by atoms with Gasteiger partial charge in [-0.1, -0.05) is 0 Å². The summed E-state index contributed by atoms with van der Waals surface area (Å²) in [6.45, 7) is 3.58. The van der Waals surface area contributed by atoms with Crippen molar-refractivity contribution in [1.29, 1.82) is 5.41 Å². The molecule has 11 heavy (non-hydrogen) atoms. The van der Waals surface area contributed by atoms with Crippen LogP contribution in [0.1, 0.15) is 18.1 Å². The minimum atomic E-state index is 0.457. The first kappa shape index (κ1) is 7.72. The first-order valence-electron chi connectivity index (χ1n) is 3.38. The second-order valence-corrected chi connectivity index (χ2v) is 2.54. The van der Waals surface area contributed by atoms with Gasteiger partial charge in [-0.05, 0) is 19.4 Å². The number of hydrogen-bond donors (Lipinski definition) is 2. The molecule has 1 aromatic rings. The molecule has 3 nitrogen and oxygen atoms in total. The molecular formula is C8H11N3. The molecule has 0 fully saturated rings. The van der Waals surface area contributed by atoms with E-state index in [9.17, 15) is 0 Å². The zero-order chi connectivity index (χ0) is 8.43. The molecule has 0 unspecified atom stereocenters. The van der Waals surface area contributed by atoms with Crippen molar-refractivity contribution in [2.75, 3.05) is 5.73 Å². The number of nitrogen functional groups attached to an aromatic ring is 1. The zero-order valence-electron chi connectivity index (χ0n) is 6.68. The first-order chi connectivity index (χ1) is 5.13. The van der Waals surface area contributed by atoms with Gasteiger partial charge >= 0.3 is 0 Å². The Kier molecular flexibility index (Phi) is 1.89. The molecule has 0 amide bonds. The highest BCUT2D eigenvalue weighted by Gasteiger charge is 2.02. The Morgan fingerprint density at radius 1 is 1.55 bits per heavy atom. The fourth-order valence-electron chi connectivity index (χ4n) is 0.874. The Bertz CT molecular complexity index is 291. The van der Waals surface area contributed by atoms with Gasteiger partial charge in [0.05, 0.1) is 0 Å². The third-order valence-corrected chi connectivity index (χ3v) is 1.59. The Labute approximate surface area is 65.8 Å². The molecule has 0 bridgehead atoms. The van der Waals surface area contributed by atoms with Crippen LogP contribution in [0.25, 0.3) is 0 Å². The lowest BCUT2D eigenvalue weighted by atomic mass is 10.1. The minimum Gasteiger partial charge on any atom is -0.398 e. The molecule has 0 aliphatic rings. The summed E-state index contributed by atoms with van der Waals surface area (Å²) in [4.78, 5) is 3.95. The van der Waals surface area contributed by atoms with E-state index in [1.165, 1.54) is 0 Å². The van der Waals surface area contributed by atoms with Gasteiger partial charge in [-0.15, -0.1) is 0 Å². The Morgan fingerprint density at radius 2 is 2.18 bits per heavy atom. The van der Waals surface area contributed by atoms with E-state index in [-0.39, 0.29) is 0 Å². The molecule has 0 spiro atoms. The number of pyridine rings is 1. The number of nitrogens with one attached hydrogen (secondary N) is 1. The van der Waals surface area contributed by atoms with Crippen LogP contribution in [-0.4, -0.2) is 10.7 Å². The summed E-state index contributed by atoms with van der Waals surface area (Å²) in [6.07, 6.45) is 3.31. The lowest BCUT2D eigenvalue weighted by molar-refractivity contribution is 1.25. The minimum absolute atomic E-state index is 0.457. The van der Waals surface area contributed by atoms with Gasteiger partial charge in [0.15, 0.2) is 0 Å². The van der Waals surface area contributed by atoms with E-state index in [0.29, 0.717) is 11.4 Å². The third-order valence-electron chi connectivity index (χ3n) is 1.59. The van der Waals surface area contributed by atoms with Crippen LogP contribution in [0, 0.1) is 12.3 Å². The monoisotopic (exact) mass is 149 g/mol. The number of anilines is 1. The van der Waals surface area contributed by atoms with Crippen molar-refractivity contribution in [3.63, 3.8) is 0 Å². The van der Waals surface area contributed by atoms with E-state index >= 15 is 0 Å². The van der Waals surface area contributed by atoms with E-state index in [1.807, 2.05) is 6.92 Å². The average molecular weight is 149 g/mol. The van der Waals surface area contributed by atoms with Crippen LogP contribution in [0.2, 0.25) is 0 Å². The number of hydrogen-bond acceptors (Lipinski definition) is 3. The molecule has 0 aliphatic heterocycles. The maximum atomic E-state index is 7.35.